The molecule has 0 spiro atoms. The number of rotatable bonds is 6. The molecular weight excluding hydrogens is 321 g/mol. The highest BCUT2D eigenvalue weighted by Crippen LogP contribution is 2.10. The number of imidazole rings is 1. The van der Waals surface area contributed by atoms with Crippen molar-refractivity contribution in [3.63, 3.8) is 0 Å². The van der Waals surface area contributed by atoms with Crippen molar-refractivity contribution in [3.05, 3.63) is 65.8 Å². The Labute approximate surface area is 145 Å². The number of nitrogens with one attached hydrogen (secondary N) is 1. The predicted molar refractivity (Wildman–Crippen MR) is 92.2 cm³/mol. The second-order valence-corrected chi connectivity index (χ2v) is 5.90. The Balaban J connectivity index is 1.52. The minimum atomic E-state index is -0.301. The van der Waals surface area contributed by atoms with Gasteiger partial charge >= 0.3 is 0 Å². The van der Waals surface area contributed by atoms with E-state index in [-0.39, 0.29) is 11.7 Å². The maximum absolute atomic E-state index is 13.0. The number of benzene rings is 1. The van der Waals surface area contributed by atoms with Crippen LogP contribution in [0.5, 0.6) is 0 Å². The van der Waals surface area contributed by atoms with Crippen molar-refractivity contribution >= 4 is 5.91 Å². The molecule has 3 aromatic rings. The SMILES string of the molecule is Cc1cc(C)n(CCCNC(=O)c2cn(-c3ccc(F)cc3)cn2)n1. The van der Waals surface area contributed by atoms with Crippen LogP contribution in [0.3, 0.4) is 0 Å². The molecule has 1 N–H and O–H groups in total. The maximum atomic E-state index is 13.0. The van der Waals surface area contributed by atoms with E-state index in [1.54, 1.807) is 22.9 Å². The van der Waals surface area contributed by atoms with Crippen LogP contribution in [0.15, 0.2) is 42.9 Å². The molecule has 0 atom stereocenters. The molecule has 0 saturated carbocycles. The molecule has 0 unspecified atom stereocenters. The first-order valence-corrected chi connectivity index (χ1v) is 8.12. The molecule has 0 bridgehead atoms. The van der Waals surface area contributed by atoms with E-state index in [1.165, 1.54) is 18.5 Å². The van der Waals surface area contributed by atoms with Crippen LogP contribution >= 0.6 is 0 Å². The molecule has 130 valence electrons. The standard InChI is InChI=1S/C18H20FN5O/c1-13-10-14(2)24(22-13)9-3-8-20-18(25)17-11-23(12-21-17)16-6-4-15(19)5-7-16/h4-7,10-12H,3,8-9H2,1-2H3,(H,20,25). The molecule has 0 aliphatic rings. The van der Waals surface area contributed by atoms with Gasteiger partial charge in [-0.2, -0.15) is 5.10 Å². The Morgan fingerprint density at radius 2 is 2.00 bits per heavy atom. The summed E-state index contributed by atoms with van der Waals surface area (Å²) in [4.78, 5) is 16.3. The zero-order valence-electron chi connectivity index (χ0n) is 14.2. The second-order valence-electron chi connectivity index (χ2n) is 5.90. The lowest BCUT2D eigenvalue weighted by Crippen LogP contribution is -2.25. The van der Waals surface area contributed by atoms with Crippen molar-refractivity contribution in [2.45, 2.75) is 26.8 Å². The van der Waals surface area contributed by atoms with E-state index in [4.69, 9.17) is 0 Å². The number of carbonyl (C=O) groups excluding carboxylic acids is 1. The predicted octanol–water partition coefficient (Wildman–Crippen LogP) is 2.64. The Morgan fingerprint density at radius 1 is 1.24 bits per heavy atom. The Bertz CT molecular complexity index is 866. The highest BCUT2D eigenvalue weighted by atomic mass is 19.1. The average molecular weight is 341 g/mol. The summed E-state index contributed by atoms with van der Waals surface area (Å²) in [6, 6.07) is 8.03. The number of hydrogen-bond donors (Lipinski definition) is 1. The first-order valence-electron chi connectivity index (χ1n) is 8.12. The van der Waals surface area contributed by atoms with Crippen molar-refractivity contribution in [1.29, 1.82) is 0 Å². The summed E-state index contributed by atoms with van der Waals surface area (Å²) in [5.41, 5.74) is 3.18. The van der Waals surface area contributed by atoms with Gasteiger partial charge in [0.1, 0.15) is 17.8 Å². The zero-order valence-corrected chi connectivity index (χ0v) is 14.2. The van der Waals surface area contributed by atoms with Crippen LogP contribution in [-0.4, -0.2) is 31.8 Å². The number of halogens is 1. The van der Waals surface area contributed by atoms with Gasteiger partial charge in [-0.05, 0) is 50.6 Å². The van der Waals surface area contributed by atoms with E-state index >= 15 is 0 Å². The maximum Gasteiger partial charge on any atom is 0.271 e. The van der Waals surface area contributed by atoms with E-state index < -0.39 is 0 Å². The van der Waals surface area contributed by atoms with Crippen LogP contribution in [0.25, 0.3) is 5.69 Å². The van der Waals surface area contributed by atoms with Gasteiger partial charge in [0.05, 0.1) is 5.69 Å². The molecular formula is C18H20FN5O. The molecule has 7 heteroatoms. The summed E-state index contributed by atoms with van der Waals surface area (Å²) in [6.45, 7) is 5.27. The van der Waals surface area contributed by atoms with Crippen LogP contribution < -0.4 is 5.32 Å². The smallest absolute Gasteiger partial charge is 0.271 e. The molecule has 6 nitrogen and oxygen atoms in total. The van der Waals surface area contributed by atoms with Gasteiger partial charge in [0.15, 0.2) is 0 Å². The molecule has 0 radical (unpaired) electrons. The molecule has 0 fully saturated rings. The highest BCUT2D eigenvalue weighted by molar-refractivity contribution is 5.92. The number of aromatic nitrogens is 4. The third-order valence-corrected chi connectivity index (χ3v) is 3.88. The molecule has 0 aliphatic carbocycles. The summed E-state index contributed by atoms with van der Waals surface area (Å²) in [7, 11) is 0. The zero-order chi connectivity index (χ0) is 17.8. The summed E-state index contributed by atoms with van der Waals surface area (Å²) < 4.78 is 16.6. The third-order valence-electron chi connectivity index (χ3n) is 3.88. The van der Waals surface area contributed by atoms with Crippen molar-refractivity contribution in [1.82, 2.24) is 24.6 Å². The summed E-state index contributed by atoms with van der Waals surface area (Å²) in [6.07, 6.45) is 3.95. The van der Waals surface area contributed by atoms with Gasteiger partial charge in [-0.15, -0.1) is 0 Å². The van der Waals surface area contributed by atoms with E-state index in [0.29, 0.717) is 12.2 Å². The van der Waals surface area contributed by atoms with Gasteiger partial charge < -0.3 is 9.88 Å². The number of amides is 1. The molecule has 3 rings (SSSR count). The molecule has 1 aromatic carbocycles. The van der Waals surface area contributed by atoms with Crippen molar-refractivity contribution in [2.24, 2.45) is 0 Å². The monoisotopic (exact) mass is 341 g/mol. The van der Waals surface area contributed by atoms with Crippen LogP contribution in [0.4, 0.5) is 4.39 Å². The molecule has 25 heavy (non-hydrogen) atoms. The number of nitrogens with zero attached hydrogens (tertiary/aromatic N) is 4. The largest absolute Gasteiger partial charge is 0.351 e. The minimum Gasteiger partial charge on any atom is -0.351 e. The summed E-state index contributed by atoms with van der Waals surface area (Å²) in [5.74, 6) is -0.529. The summed E-state index contributed by atoms with van der Waals surface area (Å²) in [5, 5.41) is 7.24. The highest BCUT2D eigenvalue weighted by Gasteiger charge is 2.10. The van der Waals surface area contributed by atoms with Gasteiger partial charge in [0.2, 0.25) is 0 Å². The Kier molecular flexibility index (Phi) is 4.92. The molecule has 0 aliphatic heterocycles. The molecule has 2 aromatic heterocycles. The fourth-order valence-electron chi connectivity index (χ4n) is 2.62. The van der Waals surface area contributed by atoms with Crippen molar-refractivity contribution in [3.8, 4) is 5.69 Å². The Morgan fingerprint density at radius 3 is 2.68 bits per heavy atom. The minimum absolute atomic E-state index is 0.228. The van der Waals surface area contributed by atoms with Crippen LogP contribution in [-0.2, 0) is 6.54 Å². The van der Waals surface area contributed by atoms with Crippen LogP contribution in [0.1, 0.15) is 28.3 Å². The molecule has 2 heterocycles. The van der Waals surface area contributed by atoms with Crippen LogP contribution in [0.2, 0.25) is 0 Å². The van der Waals surface area contributed by atoms with Gasteiger partial charge in [0, 0.05) is 30.7 Å². The quantitative estimate of drug-likeness (QED) is 0.701. The average Bonchev–Trinajstić information content (AvgIpc) is 3.19. The van der Waals surface area contributed by atoms with Crippen LogP contribution in [0, 0.1) is 19.7 Å². The first kappa shape index (κ1) is 16.9. The second kappa shape index (κ2) is 7.29. The van der Waals surface area contributed by atoms with E-state index in [2.05, 4.69) is 15.4 Å². The van der Waals surface area contributed by atoms with E-state index in [1.807, 2.05) is 24.6 Å². The van der Waals surface area contributed by atoms with Gasteiger partial charge in [0.25, 0.3) is 5.91 Å². The fraction of sp³-hybridized carbons (Fsp3) is 0.278. The van der Waals surface area contributed by atoms with Gasteiger partial charge in [-0.25, -0.2) is 9.37 Å². The fourth-order valence-corrected chi connectivity index (χ4v) is 2.62. The van der Waals surface area contributed by atoms with E-state index in [0.717, 1.165) is 30.0 Å². The molecule has 1 amide bonds. The number of hydrogen-bond acceptors (Lipinski definition) is 3. The normalized spacial score (nSPS) is 10.8. The molecule has 0 saturated heterocycles. The van der Waals surface area contributed by atoms with Gasteiger partial charge in [-0.1, -0.05) is 0 Å². The van der Waals surface area contributed by atoms with Crippen molar-refractivity contribution < 1.29 is 9.18 Å². The lowest BCUT2D eigenvalue weighted by atomic mass is 10.3. The topological polar surface area (TPSA) is 64.7 Å². The summed E-state index contributed by atoms with van der Waals surface area (Å²) >= 11 is 0. The van der Waals surface area contributed by atoms with Crippen molar-refractivity contribution in [2.75, 3.05) is 6.54 Å². The lowest BCUT2D eigenvalue weighted by Gasteiger charge is -2.05. The third kappa shape index (κ3) is 4.12. The van der Waals surface area contributed by atoms with E-state index in [9.17, 15) is 9.18 Å². The lowest BCUT2D eigenvalue weighted by molar-refractivity contribution is 0.0948. The van der Waals surface area contributed by atoms with Gasteiger partial charge in [-0.3, -0.25) is 9.48 Å². The Hall–Kier alpha value is -2.96. The number of aryl methyl sites for hydroxylation is 3. The number of carbonyl (C=O) groups is 1. The first-order chi connectivity index (χ1) is 12.0.